The number of amides is 1. The fourth-order valence-corrected chi connectivity index (χ4v) is 3.21. The van der Waals surface area contributed by atoms with Crippen LogP contribution in [0.15, 0.2) is 34.9 Å². The molecule has 1 unspecified atom stereocenters. The van der Waals surface area contributed by atoms with Crippen LogP contribution in [0.4, 0.5) is 0 Å². The fraction of sp³-hybridized carbons (Fsp3) is 0.450. The van der Waals surface area contributed by atoms with Crippen LogP contribution in [-0.2, 0) is 20.7 Å². The third kappa shape index (κ3) is 4.67. The van der Waals surface area contributed by atoms with Crippen LogP contribution in [0.2, 0.25) is 0 Å². The number of hydrogen-bond acceptors (Lipinski definition) is 6. The lowest BCUT2D eigenvalue weighted by Crippen LogP contribution is -2.43. The maximum atomic E-state index is 12.6. The lowest BCUT2D eigenvalue weighted by molar-refractivity contribution is -0.151. The van der Waals surface area contributed by atoms with Crippen LogP contribution in [0.1, 0.15) is 25.5 Å². The van der Waals surface area contributed by atoms with Gasteiger partial charge in [-0.25, -0.2) is 0 Å². The minimum atomic E-state index is -0.241. The predicted octanol–water partition coefficient (Wildman–Crippen LogP) is 2.69. The molecule has 0 spiro atoms. The third-order valence-electron chi connectivity index (χ3n) is 4.66. The first-order valence-corrected chi connectivity index (χ1v) is 9.15. The Balaban J connectivity index is 1.61. The average molecular weight is 372 g/mol. The molecule has 0 radical (unpaired) electrons. The number of rotatable bonds is 6. The van der Waals surface area contributed by atoms with E-state index < -0.39 is 0 Å². The minimum Gasteiger partial charge on any atom is -0.497 e. The largest absolute Gasteiger partial charge is 0.497 e. The molecule has 1 amide bonds. The normalized spacial score (nSPS) is 16.8. The zero-order valence-electron chi connectivity index (χ0n) is 15.6. The smallest absolute Gasteiger partial charge is 0.310 e. The fourth-order valence-electron chi connectivity index (χ4n) is 3.21. The highest BCUT2D eigenvalue weighted by Gasteiger charge is 2.29. The summed E-state index contributed by atoms with van der Waals surface area (Å²) in [7, 11) is 1.61. The van der Waals surface area contributed by atoms with Gasteiger partial charge >= 0.3 is 5.97 Å². The first-order chi connectivity index (χ1) is 13.1. The Morgan fingerprint density at radius 1 is 1.30 bits per heavy atom. The van der Waals surface area contributed by atoms with Gasteiger partial charge < -0.3 is 18.9 Å². The summed E-state index contributed by atoms with van der Waals surface area (Å²) in [5.74, 6) is 0.838. The van der Waals surface area contributed by atoms with E-state index in [2.05, 4.69) is 5.16 Å². The number of hydrogen-bond donors (Lipinski definition) is 0. The molecule has 0 saturated carbocycles. The molecule has 1 aromatic heterocycles. The van der Waals surface area contributed by atoms with E-state index in [9.17, 15) is 9.59 Å². The molecule has 27 heavy (non-hydrogen) atoms. The summed E-state index contributed by atoms with van der Waals surface area (Å²) in [5.41, 5.74) is 1.44. The number of carbonyl (C=O) groups excluding carboxylic acids is 2. The summed E-state index contributed by atoms with van der Waals surface area (Å²) < 4.78 is 15.6. The van der Waals surface area contributed by atoms with Crippen molar-refractivity contribution in [3.05, 3.63) is 36.0 Å². The van der Waals surface area contributed by atoms with Gasteiger partial charge in [0.25, 0.3) is 0 Å². The first-order valence-electron chi connectivity index (χ1n) is 9.15. The quantitative estimate of drug-likeness (QED) is 0.725. The number of ether oxygens (including phenoxy) is 2. The summed E-state index contributed by atoms with van der Waals surface area (Å²) in [6.07, 6.45) is 1.70. The number of benzene rings is 1. The predicted molar refractivity (Wildman–Crippen MR) is 98.1 cm³/mol. The molecule has 7 nitrogen and oxygen atoms in total. The summed E-state index contributed by atoms with van der Waals surface area (Å²) in [6.45, 7) is 3.20. The summed E-state index contributed by atoms with van der Waals surface area (Å²) >= 11 is 0. The van der Waals surface area contributed by atoms with Gasteiger partial charge in [-0.2, -0.15) is 0 Å². The molecule has 1 aliphatic heterocycles. The molecule has 1 aliphatic rings. The molecular weight excluding hydrogens is 348 g/mol. The van der Waals surface area contributed by atoms with Gasteiger partial charge in [0.15, 0.2) is 5.76 Å². The molecule has 7 heteroatoms. The number of likely N-dealkylation sites (tertiary alicyclic amines) is 1. The van der Waals surface area contributed by atoms with Crippen molar-refractivity contribution >= 4 is 11.9 Å². The van der Waals surface area contributed by atoms with Gasteiger partial charge in [-0.1, -0.05) is 5.16 Å². The highest BCUT2D eigenvalue weighted by Crippen LogP contribution is 2.24. The SMILES string of the molecule is CCOC(=O)C1CCCN(C(=O)Cc2cc(-c3ccc(OC)cc3)on2)C1. The Hall–Kier alpha value is -2.83. The van der Waals surface area contributed by atoms with Crippen molar-refractivity contribution in [2.45, 2.75) is 26.2 Å². The maximum absolute atomic E-state index is 12.6. The molecule has 3 rings (SSSR count). The lowest BCUT2D eigenvalue weighted by atomic mass is 9.98. The van der Waals surface area contributed by atoms with Gasteiger partial charge in [0.2, 0.25) is 5.91 Å². The molecule has 0 bridgehead atoms. The number of aromatic nitrogens is 1. The van der Waals surface area contributed by atoms with Crippen LogP contribution in [-0.4, -0.2) is 48.7 Å². The van der Waals surface area contributed by atoms with Crippen LogP contribution < -0.4 is 4.74 Å². The number of piperidine rings is 1. The standard InChI is InChI=1S/C20H24N2O5/c1-3-26-20(24)15-5-4-10-22(13-15)19(23)12-16-11-18(27-21-16)14-6-8-17(25-2)9-7-14/h6-9,11,15H,3-5,10,12-13H2,1-2H3. The molecular formula is C20H24N2O5. The number of esters is 1. The highest BCUT2D eigenvalue weighted by atomic mass is 16.5. The van der Waals surface area contributed by atoms with E-state index in [1.165, 1.54) is 0 Å². The molecule has 0 aliphatic carbocycles. The maximum Gasteiger partial charge on any atom is 0.310 e. The molecule has 1 atom stereocenters. The van der Waals surface area contributed by atoms with Crippen molar-refractivity contribution in [2.75, 3.05) is 26.8 Å². The first kappa shape index (κ1) is 18.9. The van der Waals surface area contributed by atoms with Gasteiger partial charge in [-0.3, -0.25) is 9.59 Å². The Bertz CT molecular complexity index is 784. The average Bonchev–Trinajstić information content (AvgIpc) is 3.16. The molecule has 144 valence electrons. The van der Waals surface area contributed by atoms with Crippen LogP contribution in [0, 0.1) is 5.92 Å². The topological polar surface area (TPSA) is 81.9 Å². The van der Waals surface area contributed by atoms with E-state index in [1.54, 1.807) is 25.0 Å². The van der Waals surface area contributed by atoms with Gasteiger partial charge in [0, 0.05) is 24.7 Å². The lowest BCUT2D eigenvalue weighted by Gasteiger charge is -2.31. The Labute approximate surface area is 158 Å². The number of nitrogens with zero attached hydrogens (tertiary/aromatic N) is 2. The second-order valence-corrected chi connectivity index (χ2v) is 6.52. The Kier molecular flexibility index (Phi) is 6.11. The van der Waals surface area contributed by atoms with Crippen molar-refractivity contribution in [3.63, 3.8) is 0 Å². The Morgan fingerprint density at radius 2 is 2.07 bits per heavy atom. The molecule has 1 saturated heterocycles. The second-order valence-electron chi connectivity index (χ2n) is 6.52. The summed E-state index contributed by atoms with van der Waals surface area (Å²) in [5, 5.41) is 4.01. The van der Waals surface area contributed by atoms with Crippen molar-refractivity contribution in [1.82, 2.24) is 10.1 Å². The van der Waals surface area contributed by atoms with Gasteiger partial charge in [-0.05, 0) is 44.0 Å². The summed E-state index contributed by atoms with van der Waals surface area (Å²) in [4.78, 5) is 26.2. The van der Waals surface area contributed by atoms with Crippen molar-refractivity contribution in [2.24, 2.45) is 5.92 Å². The molecule has 2 aromatic rings. The Morgan fingerprint density at radius 3 is 2.78 bits per heavy atom. The second kappa shape index (κ2) is 8.70. The zero-order valence-corrected chi connectivity index (χ0v) is 15.6. The molecule has 1 aromatic carbocycles. The third-order valence-corrected chi connectivity index (χ3v) is 4.66. The van der Waals surface area contributed by atoms with Crippen LogP contribution in [0.5, 0.6) is 5.75 Å². The molecule has 2 heterocycles. The van der Waals surface area contributed by atoms with Gasteiger partial charge in [0.1, 0.15) is 5.75 Å². The van der Waals surface area contributed by atoms with Crippen molar-refractivity contribution < 1.29 is 23.6 Å². The monoisotopic (exact) mass is 372 g/mol. The molecule has 1 fully saturated rings. The molecule has 0 N–H and O–H groups in total. The van der Waals surface area contributed by atoms with Gasteiger partial charge in [-0.15, -0.1) is 0 Å². The van der Waals surface area contributed by atoms with E-state index in [-0.39, 0.29) is 24.2 Å². The van der Waals surface area contributed by atoms with Crippen LogP contribution in [0.3, 0.4) is 0 Å². The van der Waals surface area contributed by atoms with E-state index in [4.69, 9.17) is 14.0 Å². The minimum absolute atomic E-state index is 0.0569. The van der Waals surface area contributed by atoms with E-state index in [1.807, 2.05) is 24.3 Å². The highest BCUT2D eigenvalue weighted by molar-refractivity contribution is 5.80. The number of carbonyl (C=O) groups is 2. The van der Waals surface area contributed by atoms with Crippen molar-refractivity contribution in [1.29, 1.82) is 0 Å². The van der Waals surface area contributed by atoms with Gasteiger partial charge in [0.05, 0.1) is 31.7 Å². The number of methoxy groups -OCH3 is 1. The van der Waals surface area contributed by atoms with E-state index >= 15 is 0 Å². The van der Waals surface area contributed by atoms with E-state index in [0.717, 1.165) is 24.2 Å². The van der Waals surface area contributed by atoms with Crippen LogP contribution >= 0.6 is 0 Å². The summed E-state index contributed by atoms with van der Waals surface area (Å²) in [6, 6.07) is 9.20. The van der Waals surface area contributed by atoms with Crippen LogP contribution in [0.25, 0.3) is 11.3 Å². The van der Waals surface area contributed by atoms with E-state index in [0.29, 0.717) is 31.2 Å². The van der Waals surface area contributed by atoms with Crippen molar-refractivity contribution in [3.8, 4) is 17.1 Å². The zero-order chi connectivity index (χ0) is 19.2.